The van der Waals surface area contributed by atoms with Gasteiger partial charge in [0.05, 0.1) is 25.0 Å². The molecular weight excluding hydrogens is 202 g/mol. The van der Waals surface area contributed by atoms with E-state index in [0.29, 0.717) is 0 Å². The van der Waals surface area contributed by atoms with E-state index in [-0.39, 0.29) is 6.04 Å². The number of benzene rings is 1. The van der Waals surface area contributed by atoms with Crippen LogP contribution in [-0.2, 0) is 0 Å². The van der Waals surface area contributed by atoms with E-state index in [1.54, 1.807) is 13.3 Å². The molecule has 0 saturated carbocycles. The molecule has 0 aliphatic rings. The Kier molecular flexibility index (Phi) is 2.92. The molecule has 1 unspecified atom stereocenters. The lowest BCUT2D eigenvalue weighted by Crippen LogP contribution is -2.06. The standard InChI is InChI=1S/C12H15N3O/c1-8(13)12-14-7-11(15-12)9-4-3-5-10(6-9)16-2/h3-8H,13H2,1-2H3,(H,14,15). The molecule has 4 nitrogen and oxygen atoms in total. The number of hydrogen-bond donors (Lipinski definition) is 2. The number of aromatic nitrogens is 2. The van der Waals surface area contributed by atoms with Crippen molar-refractivity contribution in [3.05, 3.63) is 36.3 Å². The molecule has 4 heteroatoms. The van der Waals surface area contributed by atoms with E-state index in [0.717, 1.165) is 22.8 Å². The van der Waals surface area contributed by atoms with Crippen LogP contribution in [0.5, 0.6) is 5.75 Å². The lowest BCUT2D eigenvalue weighted by atomic mass is 10.1. The number of H-pyrrole nitrogens is 1. The Morgan fingerprint density at radius 1 is 1.44 bits per heavy atom. The fraction of sp³-hybridized carbons (Fsp3) is 0.250. The van der Waals surface area contributed by atoms with Crippen LogP contribution < -0.4 is 10.5 Å². The van der Waals surface area contributed by atoms with Crippen LogP contribution in [-0.4, -0.2) is 17.1 Å². The largest absolute Gasteiger partial charge is 0.497 e. The van der Waals surface area contributed by atoms with Crippen molar-refractivity contribution in [3.8, 4) is 17.0 Å². The van der Waals surface area contributed by atoms with Gasteiger partial charge in [0.1, 0.15) is 11.6 Å². The second kappa shape index (κ2) is 4.37. The van der Waals surface area contributed by atoms with Crippen molar-refractivity contribution in [1.29, 1.82) is 0 Å². The Bertz CT molecular complexity index is 477. The van der Waals surface area contributed by atoms with Crippen LogP contribution in [0.2, 0.25) is 0 Å². The van der Waals surface area contributed by atoms with Gasteiger partial charge in [-0.1, -0.05) is 12.1 Å². The Morgan fingerprint density at radius 3 is 2.88 bits per heavy atom. The number of imidazole rings is 1. The summed E-state index contributed by atoms with van der Waals surface area (Å²) in [4.78, 5) is 7.41. The minimum atomic E-state index is -0.0839. The molecule has 84 valence electrons. The molecule has 1 aromatic carbocycles. The van der Waals surface area contributed by atoms with Gasteiger partial charge in [-0.15, -0.1) is 0 Å². The molecule has 0 amide bonds. The fourth-order valence-electron chi connectivity index (χ4n) is 1.51. The summed E-state index contributed by atoms with van der Waals surface area (Å²) in [5.74, 6) is 1.62. The summed E-state index contributed by atoms with van der Waals surface area (Å²) >= 11 is 0. The predicted molar refractivity (Wildman–Crippen MR) is 63.2 cm³/mol. The van der Waals surface area contributed by atoms with Crippen LogP contribution in [0.15, 0.2) is 30.5 Å². The van der Waals surface area contributed by atoms with Crippen molar-refractivity contribution >= 4 is 0 Å². The van der Waals surface area contributed by atoms with Gasteiger partial charge in [0, 0.05) is 5.56 Å². The average Bonchev–Trinajstić information content (AvgIpc) is 2.78. The van der Waals surface area contributed by atoms with Gasteiger partial charge >= 0.3 is 0 Å². The van der Waals surface area contributed by atoms with E-state index in [1.165, 1.54) is 0 Å². The third-order valence-electron chi connectivity index (χ3n) is 2.41. The quantitative estimate of drug-likeness (QED) is 0.827. The Morgan fingerprint density at radius 2 is 2.25 bits per heavy atom. The van der Waals surface area contributed by atoms with Gasteiger partial charge in [-0.25, -0.2) is 4.98 Å². The van der Waals surface area contributed by atoms with Crippen LogP contribution in [0.1, 0.15) is 18.8 Å². The van der Waals surface area contributed by atoms with Gasteiger partial charge in [0.15, 0.2) is 0 Å². The number of hydrogen-bond acceptors (Lipinski definition) is 3. The summed E-state index contributed by atoms with van der Waals surface area (Å²) in [5, 5.41) is 0. The Hall–Kier alpha value is -1.81. The molecule has 1 aromatic heterocycles. The molecule has 0 spiro atoms. The molecule has 2 aromatic rings. The minimum Gasteiger partial charge on any atom is -0.497 e. The van der Waals surface area contributed by atoms with Crippen molar-refractivity contribution in [1.82, 2.24) is 9.97 Å². The molecule has 16 heavy (non-hydrogen) atoms. The highest BCUT2D eigenvalue weighted by Crippen LogP contribution is 2.22. The Balaban J connectivity index is 2.34. The molecule has 0 bridgehead atoms. The summed E-state index contributed by atoms with van der Waals surface area (Å²) in [6.45, 7) is 1.90. The highest BCUT2D eigenvalue weighted by molar-refractivity contribution is 5.60. The molecular formula is C12H15N3O. The first kappa shape index (κ1) is 10.7. The first-order valence-corrected chi connectivity index (χ1v) is 5.15. The smallest absolute Gasteiger partial charge is 0.123 e. The maximum Gasteiger partial charge on any atom is 0.123 e. The van der Waals surface area contributed by atoms with E-state index in [2.05, 4.69) is 9.97 Å². The van der Waals surface area contributed by atoms with Crippen LogP contribution in [0.25, 0.3) is 11.3 Å². The molecule has 1 heterocycles. The number of rotatable bonds is 3. The SMILES string of the molecule is COc1cccc(-c2cnc(C(C)N)[nH]2)c1. The van der Waals surface area contributed by atoms with Gasteiger partial charge in [0.2, 0.25) is 0 Å². The van der Waals surface area contributed by atoms with Gasteiger partial charge in [-0.2, -0.15) is 0 Å². The van der Waals surface area contributed by atoms with E-state index >= 15 is 0 Å². The summed E-state index contributed by atoms with van der Waals surface area (Å²) in [6, 6.07) is 7.73. The lowest BCUT2D eigenvalue weighted by molar-refractivity contribution is 0.415. The third kappa shape index (κ3) is 2.06. The maximum atomic E-state index is 5.74. The second-order valence-corrected chi connectivity index (χ2v) is 3.70. The van der Waals surface area contributed by atoms with E-state index in [9.17, 15) is 0 Å². The molecule has 0 radical (unpaired) electrons. The normalized spacial score (nSPS) is 12.4. The molecule has 1 atom stereocenters. The van der Waals surface area contributed by atoms with E-state index in [1.807, 2.05) is 31.2 Å². The topological polar surface area (TPSA) is 63.9 Å². The van der Waals surface area contributed by atoms with Crippen LogP contribution in [0.3, 0.4) is 0 Å². The first-order chi connectivity index (χ1) is 7.70. The first-order valence-electron chi connectivity index (χ1n) is 5.15. The maximum absolute atomic E-state index is 5.74. The van der Waals surface area contributed by atoms with Crippen molar-refractivity contribution in [2.24, 2.45) is 5.73 Å². The zero-order valence-electron chi connectivity index (χ0n) is 9.40. The molecule has 3 N–H and O–H groups in total. The molecule has 0 fully saturated rings. The predicted octanol–water partition coefficient (Wildman–Crippen LogP) is 2.10. The lowest BCUT2D eigenvalue weighted by Gasteiger charge is -2.02. The highest BCUT2D eigenvalue weighted by atomic mass is 16.5. The van der Waals surface area contributed by atoms with E-state index < -0.39 is 0 Å². The summed E-state index contributed by atoms with van der Waals surface area (Å²) in [6.07, 6.45) is 1.79. The number of aromatic amines is 1. The Labute approximate surface area is 94.5 Å². The summed E-state index contributed by atoms with van der Waals surface area (Å²) < 4.78 is 5.17. The van der Waals surface area contributed by atoms with Gasteiger partial charge in [0.25, 0.3) is 0 Å². The summed E-state index contributed by atoms with van der Waals surface area (Å²) in [7, 11) is 1.65. The second-order valence-electron chi connectivity index (χ2n) is 3.70. The van der Waals surface area contributed by atoms with Gasteiger partial charge < -0.3 is 15.5 Å². The number of nitrogens with one attached hydrogen (secondary N) is 1. The average molecular weight is 217 g/mol. The summed E-state index contributed by atoms with van der Waals surface area (Å²) in [5.41, 5.74) is 7.73. The van der Waals surface area contributed by atoms with Crippen molar-refractivity contribution in [3.63, 3.8) is 0 Å². The monoisotopic (exact) mass is 217 g/mol. The highest BCUT2D eigenvalue weighted by Gasteiger charge is 2.06. The number of methoxy groups -OCH3 is 1. The minimum absolute atomic E-state index is 0.0839. The molecule has 0 aliphatic heterocycles. The van der Waals surface area contributed by atoms with Crippen LogP contribution in [0, 0.1) is 0 Å². The van der Waals surface area contributed by atoms with Crippen molar-refractivity contribution in [2.45, 2.75) is 13.0 Å². The molecule has 0 saturated heterocycles. The van der Waals surface area contributed by atoms with Gasteiger partial charge in [-0.3, -0.25) is 0 Å². The fourth-order valence-corrected chi connectivity index (χ4v) is 1.51. The van der Waals surface area contributed by atoms with Crippen molar-refractivity contribution in [2.75, 3.05) is 7.11 Å². The molecule has 2 rings (SSSR count). The number of ether oxygens (including phenoxy) is 1. The van der Waals surface area contributed by atoms with Crippen LogP contribution in [0.4, 0.5) is 0 Å². The third-order valence-corrected chi connectivity index (χ3v) is 2.41. The number of nitrogens with two attached hydrogens (primary N) is 1. The van der Waals surface area contributed by atoms with E-state index in [4.69, 9.17) is 10.5 Å². The zero-order chi connectivity index (χ0) is 11.5. The zero-order valence-corrected chi connectivity index (χ0v) is 9.40. The van der Waals surface area contributed by atoms with Crippen molar-refractivity contribution < 1.29 is 4.74 Å². The number of nitrogens with zero attached hydrogens (tertiary/aromatic N) is 1. The van der Waals surface area contributed by atoms with Gasteiger partial charge in [-0.05, 0) is 19.1 Å². The van der Waals surface area contributed by atoms with Crippen LogP contribution >= 0.6 is 0 Å². The molecule has 0 aliphatic carbocycles.